The molecule has 16 heteroatoms. The number of rotatable bonds is 8. The van der Waals surface area contributed by atoms with E-state index in [1.807, 2.05) is 0 Å². The molecule has 0 saturated heterocycles. The highest BCUT2D eigenvalue weighted by molar-refractivity contribution is 6.55. The molecule has 0 unspecified atom stereocenters. The van der Waals surface area contributed by atoms with Gasteiger partial charge in [0, 0.05) is 44.5 Å². The predicted molar refractivity (Wildman–Crippen MR) is 323 cm³/mol. The van der Waals surface area contributed by atoms with Gasteiger partial charge in [-0.2, -0.15) is 0 Å². The van der Waals surface area contributed by atoms with Gasteiger partial charge in [0.1, 0.15) is 11.1 Å². The monoisotopic (exact) mass is 1170 g/mol. The molecule has 88 heavy (non-hydrogen) atoms. The zero-order valence-corrected chi connectivity index (χ0v) is 45.7. The van der Waals surface area contributed by atoms with Crippen LogP contribution in [0.3, 0.4) is 0 Å². The molecule has 18 rings (SSSR count). The van der Waals surface area contributed by atoms with E-state index in [0.717, 1.165) is 9.13 Å². The molecule has 0 atom stereocenters. The summed E-state index contributed by atoms with van der Waals surface area (Å²) >= 11 is 0. The van der Waals surface area contributed by atoms with Crippen molar-refractivity contribution in [1.29, 1.82) is 0 Å². The largest absolute Gasteiger partial charge is 0.274 e. The highest BCUT2D eigenvalue weighted by Gasteiger charge is 2.55. The van der Waals surface area contributed by atoms with Crippen molar-refractivity contribution < 1.29 is 35.1 Å². The molecule has 424 valence electrons. The minimum atomic E-state index is -3.31. The molecule has 2 aromatic heterocycles. The maximum absolute atomic E-state index is 19.3. The summed E-state index contributed by atoms with van der Waals surface area (Å²) in [4.78, 5) is 30.0. The molecule has 10 aromatic carbocycles. The molecular weight excluding hydrogens is 1130 g/mol. The molecule has 2 spiro atoms. The van der Waals surface area contributed by atoms with Gasteiger partial charge in [-0.3, -0.25) is 9.13 Å². The van der Waals surface area contributed by atoms with Crippen LogP contribution in [0.4, 0.5) is 35.1 Å². The molecule has 0 aliphatic carbocycles. The summed E-state index contributed by atoms with van der Waals surface area (Å²) in [6.45, 7) is 0. The molecule has 12 aromatic rings. The van der Waals surface area contributed by atoms with Gasteiger partial charge in [0.05, 0.1) is 56.7 Å². The highest BCUT2D eigenvalue weighted by Crippen LogP contribution is 2.54. The van der Waals surface area contributed by atoms with E-state index in [4.69, 9.17) is 29.9 Å². The number of imidazole rings is 2. The highest BCUT2D eigenvalue weighted by atomic mass is 19.2. The summed E-state index contributed by atoms with van der Waals surface area (Å²) in [6.07, 6.45) is 0. The number of hydrogen-bond donors (Lipinski definition) is 0. The van der Waals surface area contributed by atoms with Gasteiger partial charge in [-0.15, -0.1) is 0 Å². The second-order valence-corrected chi connectivity index (χ2v) is 21.0. The first-order valence-corrected chi connectivity index (χ1v) is 27.8. The summed E-state index contributed by atoms with van der Waals surface area (Å²) in [5, 5.41) is 0. The van der Waals surface area contributed by atoms with Crippen molar-refractivity contribution in [3.8, 4) is 67.8 Å². The second-order valence-electron chi connectivity index (χ2n) is 21.0. The fourth-order valence-corrected chi connectivity index (χ4v) is 12.1. The van der Waals surface area contributed by atoms with E-state index in [1.54, 1.807) is 218 Å². The first kappa shape index (κ1) is 53.5. The van der Waals surface area contributed by atoms with Crippen LogP contribution in [0.15, 0.2) is 263 Å². The van der Waals surface area contributed by atoms with Gasteiger partial charge in [-0.25, -0.2) is 65.1 Å². The van der Waals surface area contributed by atoms with Crippen molar-refractivity contribution in [2.45, 2.75) is 11.6 Å². The van der Waals surface area contributed by atoms with E-state index in [0.29, 0.717) is 0 Å². The molecule has 0 fully saturated rings. The van der Waals surface area contributed by atoms with Gasteiger partial charge in [0.2, 0.25) is 0 Å². The van der Waals surface area contributed by atoms with Gasteiger partial charge >= 0.3 is 0 Å². The third kappa shape index (κ3) is 8.05. The van der Waals surface area contributed by atoms with Crippen LogP contribution in [0.2, 0.25) is 0 Å². The lowest BCUT2D eigenvalue weighted by atomic mass is 9.96. The lowest BCUT2D eigenvalue weighted by Crippen LogP contribution is -2.37. The van der Waals surface area contributed by atoms with Gasteiger partial charge in [-0.1, -0.05) is 243 Å². The van der Waals surface area contributed by atoms with E-state index >= 15 is 35.1 Å². The Kier molecular flexibility index (Phi) is 12.6. The number of aliphatic imine (C=N–C) groups is 4. The molecule has 0 N–H and O–H groups in total. The Bertz CT molecular complexity index is 4420. The van der Waals surface area contributed by atoms with Crippen molar-refractivity contribution >= 4 is 22.8 Å². The van der Waals surface area contributed by atoms with Crippen molar-refractivity contribution in [2.24, 2.45) is 20.0 Å². The van der Waals surface area contributed by atoms with Crippen molar-refractivity contribution in [3.63, 3.8) is 0 Å². The van der Waals surface area contributed by atoms with Gasteiger partial charge in [0.25, 0.3) is 11.6 Å². The average Bonchev–Trinajstić information content (AvgIpc) is 1.49. The Morgan fingerprint density at radius 3 is 0.670 bits per heavy atom. The number of hydrogen-bond acceptors (Lipinski definition) is 6. The van der Waals surface area contributed by atoms with Crippen LogP contribution in [0.1, 0.15) is 33.4 Å². The zero-order chi connectivity index (χ0) is 60.0. The third-order valence-corrected chi connectivity index (χ3v) is 15.9. The minimum Gasteiger partial charge on any atom is -0.274 e. The van der Waals surface area contributed by atoms with Crippen LogP contribution >= 0.6 is 0 Å². The zero-order valence-electron chi connectivity index (χ0n) is 45.7. The Morgan fingerprint density at radius 2 is 0.443 bits per heavy atom. The summed E-state index contributed by atoms with van der Waals surface area (Å²) in [5.74, 6) is -25.4. The Hall–Kier alpha value is -11.3. The molecule has 8 heterocycles. The van der Waals surface area contributed by atoms with Gasteiger partial charge < -0.3 is 0 Å². The number of aromatic nitrogens is 4. The Morgan fingerprint density at radius 1 is 0.239 bits per heavy atom. The van der Waals surface area contributed by atoms with Crippen LogP contribution < -0.4 is 0 Å². The van der Waals surface area contributed by atoms with E-state index in [2.05, 4.69) is 0 Å². The quantitative estimate of drug-likeness (QED) is 0.112. The molecule has 0 radical (unpaired) electrons. The fraction of sp³-hybridized carbons (Fsp3) is 0.0278. The maximum Gasteiger partial charge on any atom is 0.267 e. The minimum absolute atomic E-state index is 0.122. The lowest BCUT2D eigenvalue weighted by molar-refractivity contribution is 0.329. The first-order chi connectivity index (χ1) is 43.0. The van der Waals surface area contributed by atoms with Crippen LogP contribution in [-0.4, -0.2) is 41.9 Å². The fourth-order valence-electron chi connectivity index (χ4n) is 12.1. The Balaban J connectivity index is 1.22. The first-order valence-electron chi connectivity index (χ1n) is 27.8. The van der Waals surface area contributed by atoms with E-state index in [1.165, 1.54) is 24.3 Å². The molecule has 6 aliphatic rings. The Labute approximate surface area is 496 Å². The topological polar surface area (TPSA) is 85.1 Å². The number of halogens is 8. The maximum atomic E-state index is 19.3. The summed E-state index contributed by atoms with van der Waals surface area (Å²) in [7, 11) is 0. The third-order valence-electron chi connectivity index (χ3n) is 15.9. The molecule has 0 amide bonds. The molecular formula is C72H40F8N8. The SMILES string of the molecule is Fc1c(F)c2c(F)c(F)c1-c1nc(-c3ccccc3)c(-c3ccccc3)n1C1(N=C(c3ccccc3)C(c3ccccc3)=N1)c1c(F)c(F)c(c(F)c1F)-c1nc(-c3ccccc3)c(-c3ccccc3)n1C21N=C(c2ccccc2)C(c2ccccc2)=N1. The van der Waals surface area contributed by atoms with Gasteiger partial charge in [0.15, 0.2) is 58.2 Å². The smallest absolute Gasteiger partial charge is 0.267 e. The second kappa shape index (κ2) is 20.8. The molecule has 8 nitrogen and oxygen atoms in total. The average molecular weight is 1170 g/mol. The van der Waals surface area contributed by atoms with Gasteiger partial charge in [-0.05, 0) is 0 Å². The van der Waals surface area contributed by atoms with E-state index in [9.17, 15) is 0 Å². The van der Waals surface area contributed by atoms with Crippen molar-refractivity contribution in [3.05, 3.63) is 323 Å². The number of nitrogens with zero attached hydrogens (tertiary/aromatic N) is 8. The lowest BCUT2D eigenvalue weighted by Gasteiger charge is -2.33. The van der Waals surface area contributed by atoms with Crippen molar-refractivity contribution in [1.82, 2.24) is 19.1 Å². The predicted octanol–water partition coefficient (Wildman–Crippen LogP) is 16.8. The summed E-state index contributed by atoms with van der Waals surface area (Å²) < 4.78 is 155. The summed E-state index contributed by atoms with van der Waals surface area (Å²) in [6, 6.07) is 64.6. The van der Waals surface area contributed by atoms with Crippen LogP contribution in [0.5, 0.6) is 0 Å². The molecule has 6 aliphatic heterocycles. The van der Waals surface area contributed by atoms with E-state index < -0.39 is 92.0 Å². The molecule has 0 saturated carbocycles. The van der Waals surface area contributed by atoms with Crippen LogP contribution in [-0.2, 0) is 11.6 Å². The normalized spacial score (nSPS) is 14.4. The van der Waals surface area contributed by atoms with E-state index in [-0.39, 0.29) is 90.1 Å². The van der Waals surface area contributed by atoms with Crippen LogP contribution in [0.25, 0.3) is 67.8 Å². The summed E-state index contributed by atoms with van der Waals surface area (Å²) in [5.41, 5.74) is -5.80. The molecule has 4 bridgehead atoms. The van der Waals surface area contributed by atoms with Crippen molar-refractivity contribution in [2.75, 3.05) is 0 Å². The standard InChI is InChI=1S/C72H40F8N8/c73-53-50-54(74)58(78)51(57(53)77)71(83-61(41-25-9-1-10-26-41)62(84-71)42-27-11-2-12-28-42)87-67(47-37-21-7-22-38-47)65(45-33-17-5-18-34-45)81-69(87)49-55(75)59(79)52(60(80)56(49)76)72(85-63(43-29-13-3-14-30-43)64(86-72)44-31-15-4-16-32-44)88-68(48-39-23-8-24-40-48)66(82-70(50)88)46-35-19-6-20-36-46/h1-40H. The number of benzene rings is 10. The van der Waals surface area contributed by atoms with Crippen LogP contribution in [0, 0.1) is 46.5 Å².